The molecular weight excluding hydrogens is 396 g/mol. The zero-order valence-corrected chi connectivity index (χ0v) is 19.9. The Kier molecular flexibility index (Phi) is 4.81. The molecule has 2 heterocycles. The van der Waals surface area contributed by atoms with Crippen molar-refractivity contribution in [1.82, 2.24) is 0 Å². The summed E-state index contributed by atoms with van der Waals surface area (Å²) in [6, 6.07) is 17.5. The lowest BCUT2D eigenvalue weighted by molar-refractivity contribution is 0.235. The first-order valence-corrected chi connectivity index (χ1v) is 11.5. The molecule has 4 heteroatoms. The van der Waals surface area contributed by atoms with Crippen LogP contribution in [0.5, 0.6) is 0 Å². The number of benzene rings is 3. The van der Waals surface area contributed by atoms with Crippen molar-refractivity contribution < 1.29 is 9.47 Å². The summed E-state index contributed by atoms with van der Waals surface area (Å²) >= 11 is 0. The molecule has 0 saturated heterocycles. The quantitative estimate of drug-likeness (QED) is 0.445. The molecule has 0 bridgehead atoms. The molecule has 2 aliphatic rings. The number of hydrogen-bond donors (Lipinski definition) is 0. The largest absolute Gasteiger partial charge is 0.475 e. The Hall–Kier alpha value is -2.88. The molecule has 2 aliphatic heterocycles. The van der Waals surface area contributed by atoms with Gasteiger partial charge in [0, 0.05) is 11.1 Å². The fraction of sp³-hybridized carbons (Fsp3) is 0.429. The normalized spacial score (nSPS) is 21.4. The van der Waals surface area contributed by atoms with E-state index in [2.05, 4.69) is 90.1 Å². The van der Waals surface area contributed by atoms with E-state index in [9.17, 15) is 0 Å². The van der Waals surface area contributed by atoms with Gasteiger partial charge in [0.05, 0.1) is 12.1 Å². The lowest BCUT2D eigenvalue weighted by Gasteiger charge is -2.21. The van der Waals surface area contributed by atoms with E-state index < -0.39 is 0 Å². The van der Waals surface area contributed by atoms with E-state index in [4.69, 9.17) is 19.5 Å². The van der Waals surface area contributed by atoms with Gasteiger partial charge in [-0.05, 0) is 56.6 Å². The molecule has 0 N–H and O–H groups in total. The lowest BCUT2D eigenvalue weighted by atomic mass is 9.88. The summed E-state index contributed by atoms with van der Waals surface area (Å²) in [5.41, 5.74) is 2.25. The van der Waals surface area contributed by atoms with Crippen molar-refractivity contribution in [2.45, 2.75) is 53.6 Å². The van der Waals surface area contributed by atoms with Gasteiger partial charge in [-0.2, -0.15) is 0 Å². The molecule has 0 spiro atoms. The Morgan fingerprint density at radius 2 is 1.09 bits per heavy atom. The molecule has 0 aliphatic carbocycles. The Bertz CT molecular complexity index is 1160. The third kappa shape index (κ3) is 3.66. The summed E-state index contributed by atoms with van der Waals surface area (Å²) in [5.74, 6) is 1.49. The molecule has 3 aromatic rings. The van der Waals surface area contributed by atoms with Crippen molar-refractivity contribution in [3.8, 4) is 0 Å². The van der Waals surface area contributed by atoms with Crippen LogP contribution in [0, 0.1) is 10.8 Å². The summed E-state index contributed by atoms with van der Waals surface area (Å²) in [5, 5.41) is 4.65. The highest BCUT2D eigenvalue weighted by Crippen LogP contribution is 2.34. The van der Waals surface area contributed by atoms with E-state index in [0.717, 1.165) is 33.7 Å². The third-order valence-corrected chi connectivity index (χ3v) is 6.64. The molecule has 3 aromatic carbocycles. The zero-order valence-electron chi connectivity index (χ0n) is 19.9. The van der Waals surface area contributed by atoms with Gasteiger partial charge in [0.25, 0.3) is 0 Å². The average molecular weight is 429 g/mol. The fourth-order valence-corrected chi connectivity index (χ4v) is 4.35. The monoisotopic (exact) mass is 428 g/mol. The van der Waals surface area contributed by atoms with Gasteiger partial charge in [-0.3, -0.25) is 0 Å². The van der Waals surface area contributed by atoms with Crippen LogP contribution < -0.4 is 0 Å². The van der Waals surface area contributed by atoms with Crippen molar-refractivity contribution in [3.05, 3.63) is 59.7 Å². The molecular formula is C28H32N2O2. The predicted molar refractivity (Wildman–Crippen MR) is 133 cm³/mol. The molecule has 2 unspecified atom stereocenters. The number of rotatable bonds is 2. The van der Waals surface area contributed by atoms with Crippen molar-refractivity contribution in [2.75, 3.05) is 13.2 Å². The van der Waals surface area contributed by atoms with Crippen LogP contribution in [0.1, 0.15) is 52.7 Å². The highest BCUT2D eigenvalue weighted by molar-refractivity contribution is 6.15. The molecule has 4 nitrogen and oxygen atoms in total. The minimum Gasteiger partial charge on any atom is -0.475 e. The van der Waals surface area contributed by atoms with Crippen LogP contribution in [-0.4, -0.2) is 37.1 Å². The molecule has 0 fully saturated rings. The zero-order chi connectivity index (χ0) is 22.7. The van der Waals surface area contributed by atoms with Crippen LogP contribution in [0.2, 0.25) is 0 Å². The van der Waals surface area contributed by atoms with E-state index in [0.29, 0.717) is 13.2 Å². The maximum atomic E-state index is 6.08. The first-order chi connectivity index (χ1) is 15.1. The van der Waals surface area contributed by atoms with Gasteiger partial charge in [-0.25, -0.2) is 9.98 Å². The van der Waals surface area contributed by atoms with Crippen molar-refractivity contribution >= 4 is 33.3 Å². The Morgan fingerprint density at radius 1 is 0.656 bits per heavy atom. The Balaban J connectivity index is 1.65. The second-order valence-electron chi connectivity index (χ2n) is 11.2. The predicted octanol–water partition coefficient (Wildman–Crippen LogP) is 6.38. The van der Waals surface area contributed by atoms with Crippen LogP contribution in [0.4, 0.5) is 0 Å². The highest BCUT2D eigenvalue weighted by atomic mass is 16.5. The molecule has 166 valence electrons. The van der Waals surface area contributed by atoms with Gasteiger partial charge in [0.2, 0.25) is 11.8 Å². The Morgan fingerprint density at radius 3 is 1.47 bits per heavy atom. The van der Waals surface area contributed by atoms with E-state index in [-0.39, 0.29) is 22.9 Å². The molecule has 5 rings (SSSR count). The van der Waals surface area contributed by atoms with Crippen molar-refractivity contribution in [2.24, 2.45) is 20.8 Å². The Labute approximate surface area is 190 Å². The first-order valence-electron chi connectivity index (χ1n) is 11.5. The number of hydrogen-bond acceptors (Lipinski definition) is 4. The van der Waals surface area contributed by atoms with E-state index in [1.54, 1.807) is 0 Å². The summed E-state index contributed by atoms with van der Waals surface area (Å²) in [6.45, 7) is 14.5. The van der Waals surface area contributed by atoms with Gasteiger partial charge < -0.3 is 9.47 Å². The van der Waals surface area contributed by atoms with Gasteiger partial charge >= 0.3 is 0 Å². The summed E-state index contributed by atoms with van der Waals surface area (Å²) in [4.78, 5) is 9.89. The van der Waals surface area contributed by atoms with Crippen LogP contribution in [0.3, 0.4) is 0 Å². The molecule has 0 amide bonds. The second-order valence-corrected chi connectivity index (χ2v) is 11.2. The number of ether oxygens (including phenoxy) is 2. The van der Waals surface area contributed by atoms with Crippen LogP contribution in [-0.2, 0) is 9.47 Å². The van der Waals surface area contributed by atoms with Crippen LogP contribution in [0.15, 0.2) is 58.5 Å². The second kappa shape index (κ2) is 7.33. The van der Waals surface area contributed by atoms with E-state index >= 15 is 0 Å². The molecule has 0 radical (unpaired) electrons. The van der Waals surface area contributed by atoms with Crippen LogP contribution in [0.25, 0.3) is 21.5 Å². The summed E-state index contributed by atoms with van der Waals surface area (Å²) in [7, 11) is 0. The maximum Gasteiger partial charge on any atom is 0.217 e. The van der Waals surface area contributed by atoms with Gasteiger partial charge in [0.15, 0.2) is 0 Å². The first kappa shape index (κ1) is 21.0. The maximum absolute atomic E-state index is 6.08. The standard InChI is InChI=1S/C28H32N2O2/c1-27(2,3)23-15-31-25(29-23)19-11-7-9-17-13-18-10-8-12-20(22(18)14-21(17)19)26-30-24(16-32-26)28(4,5)6/h7-14,23-24H,15-16H2,1-6H3. The van der Waals surface area contributed by atoms with Crippen molar-refractivity contribution in [1.29, 1.82) is 0 Å². The highest BCUT2D eigenvalue weighted by Gasteiger charge is 2.32. The number of nitrogens with zero attached hydrogens (tertiary/aromatic N) is 2. The van der Waals surface area contributed by atoms with Crippen LogP contribution >= 0.6 is 0 Å². The molecule has 0 aromatic heterocycles. The van der Waals surface area contributed by atoms with E-state index in [1.165, 1.54) is 10.8 Å². The third-order valence-electron chi connectivity index (χ3n) is 6.64. The topological polar surface area (TPSA) is 43.2 Å². The SMILES string of the molecule is CC(C)(C)C1COC(c2cccc3cc4cccc(C5=NC(C(C)(C)C)CO5)c4cc23)=N1. The minimum absolute atomic E-state index is 0.0771. The molecule has 0 saturated carbocycles. The summed E-state index contributed by atoms with van der Waals surface area (Å²) < 4.78 is 12.2. The minimum atomic E-state index is 0.0771. The fourth-order valence-electron chi connectivity index (χ4n) is 4.35. The summed E-state index contributed by atoms with van der Waals surface area (Å²) in [6.07, 6.45) is 0. The van der Waals surface area contributed by atoms with Gasteiger partial charge in [0.1, 0.15) is 13.2 Å². The number of fused-ring (bicyclic) bond motifs is 2. The number of aliphatic imine (C=N–C) groups is 2. The average Bonchev–Trinajstić information content (AvgIpc) is 3.41. The lowest BCUT2D eigenvalue weighted by Crippen LogP contribution is -2.25. The van der Waals surface area contributed by atoms with Gasteiger partial charge in [-0.1, -0.05) is 65.8 Å². The van der Waals surface area contributed by atoms with Gasteiger partial charge in [-0.15, -0.1) is 0 Å². The smallest absolute Gasteiger partial charge is 0.217 e. The van der Waals surface area contributed by atoms with Crippen molar-refractivity contribution in [3.63, 3.8) is 0 Å². The molecule has 32 heavy (non-hydrogen) atoms. The van der Waals surface area contributed by atoms with E-state index in [1.807, 2.05) is 0 Å². The molecule has 2 atom stereocenters.